The van der Waals surface area contributed by atoms with Crippen molar-refractivity contribution < 1.29 is 18.0 Å². The number of hydrogen-bond donors (Lipinski definition) is 3. The van der Waals surface area contributed by atoms with Gasteiger partial charge in [-0.05, 0) is 45.0 Å². The number of benzene rings is 1. The molecule has 0 saturated carbocycles. The topological polar surface area (TPSA) is 68.8 Å². The number of piperidine rings is 1. The predicted molar refractivity (Wildman–Crippen MR) is 99.2 cm³/mol. The lowest BCUT2D eigenvalue weighted by Crippen LogP contribution is -2.43. The summed E-state index contributed by atoms with van der Waals surface area (Å²) in [5.41, 5.74) is -0.419. The molecule has 1 heterocycles. The van der Waals surface area contributed by atoms with Crippen LogP contribution in [0.2, 0.25) is 0 Å². The van der Waals surface area contributed by atoms with Gasteiger partial charge in [-0.3, -0.25) is 4.79 Å². The van der Waals surface area contributed by atoms with Crippen LogP contribution >= 0.6 is 0 Å². The van der Waals surface area contributed by atoms with Gasteiger partial charge in [-0.25, -0.2) is 18.2 Å². The molecular weight excluding hydrogens is 359 g/mol. The molecular formula is C18H26F3N5O. The van der Waals surface area contributed by atoms with Crippen LogP contribution in [-0.4, -0.2) is 56.0 Å². The largest absolute Gasteiger partial charge is 0.357 e. The predicted octanol–water partition coefficient (Wildman–Crippen LogP) is 2.08. The number of anilines is 1. The summed E-state index contributed by atoms with van der Waals surface area (Å²) >= 11 is 0. The first-order valence-electron chi connectivity index (χ1n) is 9.19. The van der Waals surface area contributed by atoms with Crippen molar-refractivity contribution in [2.24, 2.45) is 4.99 Å². The van der Waals surface area contributed by atoms with E-state index in [1.807, 2.05) is 6.92 Å². The number of likely N-dealkylation sites (tertiary alicyclic amines) is 1. The molecule has 1 amide bonds. The first kappa shape index (κ1) is 21.0. The van der Waals surface area contributed by atoms with E-state index in [4.69, 9.17) is 0 Å². The number of hydrogen-bond acceptors (Lipinski definition) is 3. The molecule has 0 aliphatic carbocycles. The highest BCUT2D eigenvalue weighted by atomic mass is 19.2. The van der Waals surface area contributed by atoms with Crippen LogP contribution in [0.5, 0.6) is 0 Å². The quantitative estimate of drug-likeness (QED) is 0.382. The number of nitrogens with one attached hydrogen (secondary N) is 3. The van der Waals surface area contributed by atoms with E-state index in [0.29, 0.717) is 19.0 Å². The molecule has 150 valence electrons. The Morgan fingerprint density at radius 1 is 1.11 bits per heavy atom. The van der Waals surface area contributed by atoms with E-state index in [2.05, 4.69) is 25.8 Å². The molecule has 0 atom stereocenters. The summed E-state index contributed by atoms with van der Waals surface area (Å²) in [7, 11) is 0. The van der Waals surface area contributed by atoms with Gasteiger partial charge in [0.25, 0.3) is 0 Å². The van der Waals surface area contributed by atoms with E-state index in [0.717, 1.165) is 31.8 Å². The van der Waals surface area contributed by atoms with Crippen molar-refractivity contribution in [3.63, 3.8) is 0 Å². The van der Waals surface area contributed by atoms with E-state index in [1.165, 1.54) is 19.3 Å². The Kier molecular flexibility index (Phi) is 8.38. The Morgan fingerprint density at radius 3 is 2.56 bits per heavy atom. The van der Waals surface area contributed by atoms with E-state index in [9.17, 15) is 18.0 Å². The number of carbonyl (C=O) groups excluding carboxylic acids is 1. The van der Waals surface area contributed by atoms with Crippen LogP contribution in [0.25, 0.3) is 0 Å². The highest BCUT2D eigenvalue weighted by Gasteiger charge is 2.15. The second-order valence-electron chi connectivity index (χ2n) is 6.30. The van der Waals surface area contributed by atoms with Crippen molar-refractivity contribution in [2.75, 3.05) is 44.6 Å². The van der Waals surface area contributed by atoms with Gasteiger partial charge in [-0.15, -0.1) is 0 Å². The zero-order valence-corrected chi connectivity index (χ0v) is 15.5. The smallest absolute Gasteiger partial charge is 0.246 e. The lowest BCUT2D eigenvalue weighted by molar-refractivity contribution is -0.114. The molecule has 0 bridgehead atoms. The van der Waals surface area contributed by atoms with Crippen molar-refractivity contribution in [3.8, 4) is 0 Å². The number of halogens is 3. The third-order valence-electron chi connectivity index (χ3n) is 4.20. The number of amides is 1. The van der Waals surface area contributed by atoms with Crippen LogP contribution < -0.4 is 16.0 Å². The molecule has 6 nitrogen and oxygen atoms in total. The molecule has 3 N–H and O–H groups in total. The van der Waals surface area contributed by atoms with E-state index < -0.39 is 29.0 Å². The molecule has 0 aromatic heterocycles. The average molecular weight is 385 g/mol. The van der Waals surface area contributed by atoms with Gasteiger partial charge in [0.05, 0.1) is 5.69 Å². The summed E-state index contributed by atoms with van der Waals surface area (Å²) in [4.78, 5) is 18.4. The molecule has 2 rings (SSSR count). The molecule has 9 heteroatoms. The van der Waals surface area contributed by atoms with Gasteiger partial charge >= 0.3 is 0 Å². The number of carbonyl (C=O) groups is 1. The van der Waals surface area contributed by atoms with Gasteiger partial charge in [0.1, 0.15) is 6.54 Å². The van der Waals surface area contributed by atoms with Crippen molar-refractivity contribution >= 4 is 17.6 Å². The normalized spacial score (nSPS) is 15.5. The zero-order chi connectivity index (χ0) is 19.6. The molecule has 0 spiro atoms. The molecule has 27 heavy (non-hydrogen) atoms. The van der Waals surface area contributed by atoms with Crippen LogP contribution in [0.15, 0.2) is 17.1 Å². The van der Waals surface area contributed by atoms with Gasteiger partial charge in [-0.2, -0.15) is 0 Å². The first-order valence-corrected chi connectivity index (χ1v) is 9.19. The van der Waals surface area contributed by atoms with Gasteiger partial charge in [0.2, 0.25) is 5.91 Å². The fraction of sp³-hybridized carbons (Fsp3) is 0.556. The van der Waals surface area contributed by atoms with Crippen LogP contribution in [0, 0.1) is 17.5 Å². The minimum atomic E-state index is -1.62. The Hall–Kier alpha value is -2.29. The molecule has 1 aromatic rings. The maximum atomic E-state index is 13.6. The molecule has 1 saturated heterocycles. The average Bonchev–Trinajstić information content (AvgIpc) is 2.67. The van der Waals surface area contributed by atoms with Crippen LogP contribution in [0.4, 0.5) is 18.9 Å². The second kappa shape index (κ2) is 10.8. The summed E-state index contributed by atoms with van der Waals surface area (Å²) in [6, 6.07) is 1.72. The third kappa shape index (κ3) is 6.74. The molecule has 0 radical (unpaired) electrons. The minimum Gasteiger partial charge on any atom is -0.357 e. The molecule has 0 unspecified atom stereocenters. The first-order chi connectivity index (χ1) is 13.0. The van der Waals surface area contributed by atoms with Gasteiger partial charge in [0, 0.05) is 19.6 Å². The van der Waals surface area contributed by atoms with Crippen molar-refractivity contribution in [1.29, 1.82) is 0 Å². The summed E-state index contributed by atoms with van der Waals surface area (Å²) in [6.07, 6.45) is 3.71. The molecule has 1 aliphatic rings. The lowest BCUT2D eigenvalue weighted by Gasteiger charge is -2.26. The van der Waals surface area contributed by atoms with E-state index >= 15 is 0 Å². The van der Waals surface area contributed by atoms with Crippen molar-refractivity contribution in [3.05, 3.63) is 29.6 Å². The molecule has 1 aromatic carbocycles. The fourth-order valence-electron chi connectivity index (χ4n) is 2.82. The Balaban J connectivity index is 1.83. The SMILES string of the molecule is CCNC(=NCC(=O)Nc1ccc(F)c(F)c1F)NCCN1CCCCC1. The maximum Gasteiger partial charge on any atom is 0.246 e. The number of nitrogens with zero attached hydrogens (tertiary/aromatic N) is 2. The van der Waals surface area contributed by atoms with Crippen molar-refractivity contribution in [1.82, 2.24) is 15.5 Å². The highest BCUT2D eigenvalue weighted by Crippen LogP contribution is 2.19. The van der Waals surface area contributed by atoms with Crippen molar-refractivity contribution in [2.45, 2.75) is 26.2 Å². The second-order valence-corrected chi connectivity index (χ2v) is 6.30. The summed E-state index contributed by atoms with van der Waals surface area (Å²) in [6.45, 7) is 6.00. The molecule has 1 aliphatic heterocycles. The maximum absolute atomic E-state index is 13.6. The van der Waals surface area contributed by atoms with E-state index in [-0.39, 0.29) is 6.54 Å². The van der Waals surface area contributed by atoms with Crippen LogP contribution in [0.1, 0.15) is 26.2 Å². The zero-order valence-electron chi connectivity index (χ0n) is 15.5. The van der Waals surface area contributed by atoms with Gasteiger partial charge in [-0.1, -0.05) is 6.42 Å². The standard InChI is InChI=1S/C18H26F3N5O/c1-2-22-18(23-8-11-26-9-4-3-5-10-26)24-12-15(27)25-14-7-6-13(19)16(20)17(14)21/h6-7H,2-5,8-12H2,1H3,(H,25,27)(H2,22,23,24). The lowest BCUT2D eigenvalue weighted by atomic mass is 10.1. The van der Waals surface area contributed by atoms with E-state index in [1.54, 1.807) is 0 Å². The Bertz CT molecular complexity index is 663. The molecule has 1 fully saturated rings. The van der Waals surface area contributed by atoms with Gasteiger partial charge < -0.3 is 20.9 Å². The number of aliphatic imine (C=N–C) groups is 1. The summed E-state index contributed by atoms with van der Waals surface area (Å²) in [5, 5.41) is 8.37. The minimum absolute atomic E-state index is 0.280. The van der Waals surface area contributed by atoms with Crippen LogP contribution in [-0.2, 0) is 4.79 Å². The van der Waals surface area contributed by atoms with Crippen LogP contribution in [0.3, 0.4) is 0 Å². The highest BCUT2D eigenvalue weighted by molar-refractivity contribution is 5.94. The number of guanidine groups is 1. The fourth-order valence-corrected chi connectivity index (χ4v) is 2.82. The Labute approximate surface area is 157 Å². The summed E-state index contributed by atoms with van der Waals surface area (Å²) < 4.78 is 39.7. The number of rotatable bonds is 7. The monoisotopic (exact) mass is 385 g/mol. The van der Waals surface area contributed by atoms with Gasteiger partial charge in [0.15, 0.2) is 23.4 Å². The Morgan fingerprint density at radius 2 is 1.85 bits per heavy atom. The summed E-state index contributed by atoms with van der Waals surface area (Å²) in [5.74, 6) is -4.53. The third-order valence-corrected chi connectivity index (χ3v) is 4.20.